The number of ether oxygens (including phenoxy) is 1. The molecule has 0 spiro atoms. The van der Waals surface area contributed by atoms with Crippen molar-refractivity contribution in [1.29, 1.82) is 0 Å². The smallest absolute Gasteiger partial charge is 0.255 e. The lowest BCUT2D eigenvalue weighted by Crippen LogP contribution is -2.33. The Kier molecular flexibility index (Phi) is 4.98. The molecule has 4 nitrogen and oxygen atoms in total. The van der Waals surface area contributed by atoms with E-state index in [0.717, 1.165) is 22.9 Å². The fraction of sp³-hybridized carbons (Fsp3) is 0.176. The minimum absolute atomic E-state index is 0.201. The van der Waals surface area contributed by atoms with Crippen LogP contribution in [0.25, 0.3) is 0 Å². The predicted octanol–water partition coefficient (Wildman–Crippen LogP) is 4.18. The first-order chi connectivity index (χ1) is 11.1. The maximum atomic E-state index is 12.2. The molecule has 1 heterocycles. The van der Waals surface area contributed by atoms with Crippen molar-refractivity contribution in [1.82, 2.24) is 5.32 Å². The second-order valence-electron chi connectivity index (χ2n) is 5.09. The predicted molar refractivity (Wildman–Crippen MR) is 93.8 cm³/mol. The summed E-state index contributed by atoms with van der Waals surface area (Å²) < 4.78 is 6.60. The first-order valence-electron chi connectivity index (χ1n) is 7.17. The van der Waals surface area contributed by atoms with E-state index in [4.69, 9.17) is 16.3 Å². The molecule has 1 N–H and O–H groups in total. The van der Waals surface area contributed by atoms with Gasteiger partial charge in [0.15, 0.2) is 5.16 Å². The van der Waals surface area contributed by atoms with Crippen LogP contribution >= 0.6 is 27.5 Å². The summed E-state index contributed by atoms with van der Waals surface area (Å²) in [7, 11) is 0. The summed E-state index contributed by atoms with van der Waals surface area (Å²) in [6.07, 6.45) is 7.52. The number of nitrogens with one attached hydrogen (secondary N) is 1. The van der Waals surface area contributed by atoms with E-state index in [1.807, 2.05) is 42.5 Å². The van der Waals surface area contributed by atoms with Crippen molar-refractivity contribution in [3.8, 4) is 0 Å². The standard InChI is InChI=1S/C17H14BrClN2O2/c18-13-8-4-5-11(9-13)10-23-17-14(15(19)21-17)20-16(22)12-6-2-1-3-7-12/h2,4-9H,1,3,10H2,(H,20,22). The van der Waals surface area contributed by atoms with Gasteiger partial charge in [0.25, 0.3) is 5.91 Å². The van der Waals surface area contributed by atoms with Gasteiger partial charge in [-0.05, 0) is 30.5 Å². The van der Waals surface area contributed by atoms with Crippen LogP contribution < -0.4 is 5.32 Å². The zero-order chi connectivity index (χ0) is 16.2. The van der Waals surface area contributed by atoms with Gasteiger partial charge in [-0.1, -0.05) is 57.9 Å². The molecule has 1 aliphatic carbocycles. The van der Waals surface area contributed by atoms with Crippen LogP contribution in [0.4, 0.5) is 0 Å². The Morgan fingerprint density at radius 1 is 1.39 bits per heavy atom. The number of aliphatic imine (C=N–C) groups is 1. The number of allylic oxidation sites excluding steroid dienone is 2. The van der Waals surface area contributed by atoms with Crippen molar-refractivity contribution in [2.24, 2.45) is 4.99 Å². The number of hydrogen-bond acceptors (Lipinski definition) is 3. The topological polar surface area (TPSA) is 50.7 Å². The Bertz CT molecular complexity index is 766. The summed E-state index contributed by atoms with van der Waals surface area (Å²) in [6, 6.07) is 7.78. The van der Waals surface area contributed by atoms with Crippen LogP contribution in [0, 0.1) is 0 Å². The number of halogens is 2. The van der Waals surface area contributed by atoms with Crippen LogP contribution in [0.15, 0.2) is 68.4 Å². The SMILES string of the molecule is O=C(NC1=C(Cl)N=C1OCc1cccc(Br)c1)C1=CCCC=C1. The maximum absolute atomic E-state index is 12.2. The quantitative estimate of drug-likeness (QED) is 0.780. The van der Waals surface area contributed by atoms with Crippen LogP contribution in [-0.4, -0.2) is 11.8 Å². The third-order valence-electron chi connectivity index (χ3n) is 3.38. The van der Waals surface area contributed by atoms with Crippen LogP contribution in [0.1, 0.15) is 18.4 Å². The van der Waals surface area contributed by atoms with E-state index in [9.17, 15) is 4.79 Å². The molecule has 0 bridgehead atoms. The van der Waals surface area contributed by atoms with Crippen molar-refractivity contribution < 1.29 is 9.53 Å². The molecule has 0 unspecified atom stereocenters. The molecule has 1 aromatic carbocycles. The molecule has 1 aliphatic heterocycles. The molecule has 3 rings (SSSR count). The molecule has 2 aliphatic rings. The highest BCUT2D eigenvalue weighted by Gasteiger charge is 2.26. The van der Waals surface area contributed by atoms with Gasteiger partial charge in [-0.3, -0.25) is 4.79 Å². The van der Waals surface area contributed by atoms with Crippen molar-refractivity contribution in [3.05, 3.63) is 69.0 Å². The Morgan fingerprint density at radius 2 is 2.26 bits per heavy atom. The molecule has 118 valence electrons. The zero-order valence-corrected chi connectivity index (χ0v) is 14.5. The minimum Gasteiger partial charge on any atom is -0.471 e. The van der Waals surface area contributed by atoms with Crippen LogP contribution in [0.5, 0.6) is 0 Å². The number of hydrogen-bond donors (Lipinski definition) is 1. The van der Waals surface area contributed by atoms with E-state index >= 15 is 0 Å². The molecular formula is C17H14BrClN2O2. The number of carbonyl (C=O) groups excluding carboxylic acids is 1. The molecule has 0 atom stereocenters. The van der Waals surface area contributed by atoms with Gasteiger partial charge in [0.2, 0.25) is 5.90 Å². The first kappa shape index (κ1) is 16.0. The van der Waals surface area contributed by atoms with E-state index in [-0.39, 0.29) is 11.1 Å². The lowest BCUT2D eigenvalue weighted by Gasteiger charge is -2.20. The van der Waals surface area contributed by atoms with E-state index in [1.54, 1.807) is 0 Å². The monoisotopic (exact) mass is 392 g/mol. The molecule has 23 heavy (non-hydrogen) atoms. The lowest BCUT2D eigenvalue weighted by atomic mass is 10.1. The molecule has 0 radical (unpaired) electrons. The number of nitrogens with zero attached hydrogens (tertiary/aromatic N) is 1. The Labute approximate surface area is 147 Å². The zero-order valence-electron chi connectivity index (χ0n) is 12.2. The van der Waals surface area contributed by atoms with Crippen molar-refractivity contribution in [2.45, 2.75) is 19.4 Å². The molecule has 6 heteroatoms. The number of rotatable bonds is 4. The van der Waals surface area contributed by atoms with Gasteiger partial charge in [0.05, 0.1) is 0 Å². The van der Waals surface area contributed by atoms with Crippen LogP contribution in [0.3, 0.4) is 0 Å². The van der Waals surface area contributed by atoms with Gasteiger partial charge in [-0.15, -0.1) is 0 Å². The second-order valence-corrected chi connectivity index (χ2v) is 6.37. The molecule has 1 aromatic rings. The molecule has 0 aromatic heterocycles. The lowest BCUT2D eigenvalue weighted by molar-refractivity contribution is -0.116. The molecular weight excluding hydrogens is 380 g/mol. The summed E-state index contributed by atoms with van der Waals surface area (Å²) in [5.74, 6) is 0.149. The maximum Gasteiger partial charge on any atom is 0.255 e. The molecule has 1 amide bonds. The first-order valence-corrected chi connectivity index (χ1v) is 8.35. The van der Waals surface area contributed by atoms with Crippen LogP contribution in [0.2, 0.25) is 0 Å². The molecule has 0 fully saturated rings. The highest BCUT2D eigenvalue weighted by molar-refractivity contribution is 9.10. The van der Waals surface area contributed by atoms with Crippen molar-refractivity contribution >= 4 is 39.3 Å². The summed E-state index contributed by atoms with van der Waals surface area (Å²) in [6.45, 7) is 0.352. The highest BCUT2D eigenvalue weighted by atomic mass is 79.9. The van der Waals surface area contributed by atoms with Gasteiger partial charge in [0, 0.05) is 10.0 Å². The number of carbonyl (C=O) groups is 1. The largest absolute Gasteiger partial charge is 0.471 e. The minimum atomic E-state index is -0.201. The summed E-state index contributed by atoms with van der Waals surface area (Å²) >= 11 is 9.36. The average Bonchev–Trinajstić information content (AvgIpc) is 2.57. The van der Waals surface area contributed by atoms with Gasteiger partial charge >= 0.3 is 0 Å². The van der Waals surface area contributed by atoms with Gasteiger partial charge in [-0.25, -0.2) is 0 Å². The summed E-state index contributed by atoms with van der Waals surface area (Å²) in [4.78, 5) is 16.2. The van der Waals surface area contributed by atoms with E-state index < -0.39 is 0 Å². The summed E-state index contributed by atoms with van der Waals surface area (Å²) in [5, 5.41) is 3.01. The highest BCUT2D eigenvalue weighted by Crippen LogP contribution is 2.24. The Balaban J connectivity index is 1.58. The molecule has 0 saturated carbocycles. The van der Waals surface area contributed by atoms with Crippen LogP contribution in [-0.2, 0) is 16.1 Å². The fourth-order valence-corrected chi connectivity index (χ4v) is 2.84. The average molecular weight is 394 g/mol. The number of amides is 1. The number of benzene rings is 1. The van der Waals surface area contributed by atoms with Gasteiger partial charge in [0.1, 0.15) is 12.3 Å². The van der Waals surface area contributed by atoms with Crippen molar-refractivity contribution in [3.63, 3.8) is 0 Å². The van der Waals surface area contributed by atoms with E-state index in [0.29, 0.717) is 23.8 Å². The van der Waals surface area contributed by atoms with Gasteiger partial charge < -0.3 is 10.1 Å². The van der Waals surface area contributed by atoms with Gasteiger partial charge in [-0.2, -0.15) is 4.99 Å². The normalized spacial score (nSPS) is 16.4. The van der Waals surface area contributed by atoms with E-state index in [2.05, 4.69) is 26.2 Å². The fourth-order valence-electron chi connectivity index (χ4n) is 2.19. The van der Waals surface area contributed by atoms with Crippen molar-refractivity contribution in [2.75, 3.05) is 0 Å². The Hall–Kier alpha value is -1.85. The second kappa shape index (κ2) is 7.15. The van der Waals surface area contributed by atoms with E-state index in [1.165, 1.54) is 0 Å². The Morgan fingerprint density at radius 3 is 2.96 bits per heavy atom. The third-order valence-corrected chi connectivity index (χ3v) is 4.15. The molecule has 0 saturated heterocycles. The third kappa shape index (κ3) is 3.92. The summed E-state index contributed by atoms with van der Waals surface area (Å²) in [5.41, 5.74) is 2.06.